The van der Waals surface area contributed by atoms with Crippen LogP contribution in [0, 0.1) is 12.7 Å². The monoisotopic (exact) mass is 387 g/mol. The molecule has 8 nitrogen and oxygen atoms in total. The maximum Gasteiger partial charge on any atom is 0.407 e. The van der Waals surface area contributed by atoms with Gasteiger partial charge in [-0.25, -0.2) is 14.0 Å². The number of halogens is 1. The average Bonchev–Trinajstić information content (AvgIpc) is 2.67. The van der Waals surface area contributed by atoms with Crippen molar-refractivity contribution in [2.45, 2.75) is 13.5 Å². The molecule has 0 unspecified atom stereocenters. The molecule has 1 aromatic carbocycles. The van der Waals surface area contributed by atoms with E-state index in [0.29, 0.717) is 44.0 Å². The molecule has 3 rings (SSSR count). The molecule has 9 heteroatoms. The fourth-order valence-electron chi connectivity index (χ4n) is 2.96. The highest BCUT2D eigenvalue weighted by Crippen LogP contribution is 2.20. The molecule has 0 atom stereocenters. The molecule has 0 saturated carbocycles. The van der Waals surface area contributed by atoms with Crippen LogP contribution in [-0.2, 0) is 6.54 Å². The SMILES string of the molecule is Cc1ccc(NC(=O)Nc2cccc(CN3CCN(C(=O)O)CC3)c2F)cn1. The molecule has 1 fully saturated rings. The maximum absolute atomic E-state index is 14.8. The Labute approximate surface area is 162 Å². The fourth-order valence-corrected chi connectivity index (χ4v) is 2.96. The van der Waals surface area contributed by atoms with Crippen molar-refractivity contribution in [3.63, 3.8) is 0 Å². The molecule has 1 saturated heterocycles. The molecular formula is C19H22FN5O3. The van der Waals surface area contributed by atoms with Crippen molar-refractivity contribution in [1.29, 1.82) is 0 Å². The van der Waals surface area contributed by atoms with Crippen molar-refractivity contribution >= 4 is 23.5 Å². The zero-order valence-corrected chi connectivity index (χ0v) is 15.5. The minimum Gasteiger partial charge on any atom is -0.465 e. The summed E-state index contributed by atoms with van der Waals surface area (Å²) in [5.41, 5.74) is 1.86. The highest BCUT2D eigenvalue weighted by molar-refractivity contribution is 5.99. The van der Waals surface area contributed by atoms with Gasteiger partial charge in [-0.1, -0.05) is 12.1 Å². The number of anilines is 2. The molecule has 1 aromatic heterocycles. The number of nitrogens with zero attached hydrogens (tertiary/aromatic N) is 3. The second kappa shape index (κ2) is 8.66. The molecule has 2 heterocycles. The van der Waals surface area contributed by atoms with E-state index in [1.807, 2.05) is 11.8 Å². The number of pyridine rings is 1. The smallest absolute Gasteiger partial charge is 0.407 e. The number of urea groups is 1. The molecule has 148 valence electrons. The van der Waals surface area contributed by atoms with Gasteiger partial charge in [0.2, 0.25) is 0 Å². The van der Waals surface area contributed by atoms with Gasteiger partial charge in [-0.2, -0.15) is 0 Å². The lowest BCUT2D eigenvalue weighted by Crippen LogP contribution is -2.47. The second-order valence-electron chi connectivity index (χ2n) is 6.59. The first-order chi connectivity index (χ1) is 13.4. The van der Waals surface area contributed by atoms with E-state index in [2.05, 4.69) is 15.6 Å². The average molecular weight is 387 g/mol. The largest absolute Gasteiger partial charge is 0.465 e. The molecule has 3 N–H and O–H groups in total. The highest BCUT2D eigenvalue weighted by atomic mass is 19.1. The molecule has 0 radical (unpaired) electrons. The Morgan fingerprint density at radius 1 is 1.14 bits per heavy atom. The Balaban J connectivity index is 1.60. The van der Waals surface area contributed by atoms with Gasteiger partial charge in [0.25, 0.3) is 0 Å². The maximum atomic E-state index is 14.8. The molecule has 1 aliphatic rings. The number of aryl methyl sites for hydroxylation is 1. The van der Waals surface area contributed by atoms with Crippen LogP contribution in [0.15, 0.2) is 36.5 Å². The predicted octanol–water partition coefficient (Wildman–Crippen LogP) is 2.97. The summed E-state index contributed by atoms with van der Waals surface area (Å²) in [5, 5.41) is 14.1. The Bertz CT molecular complexity index is 851. The van der Waals surface area contributed by atoms with E-state index >= 15 is 0 Å². The number of rotatable bonds is 4. The van der Waals surface area contributed by atoms with Crippen molar-refractivity contribution in [3.05, 3.63) is 53.6 Å². The van der Waals surface area contributed by atoms with E-state index in [-0.39, 0.29) is 5.69 Å². The first kappa shape index (κ1) is 19.6. The lowest BCUT2D eigenvalue weighted by Gasteiger charge is -2.33. The Hall–Kier alpha value is -3.20. The molecule has 1 aliphatic heterocycles. The number of aromatic nitrogens is 1. The third kappa shape index (κ3) is 4.95. The summed E-state index contributed by atoms with van der Waals surface area (Å²) < 4.78 is 14.8. The van der Waals surface area contributed by atoms with E-state index in [1.165, 1.54) is 17.2 Å². The van der Waals surface area contributed by atoms with Gasteiger partial charge >= 0.3 is 12.1 Å². The van der Waals surface area contributed by atoms with Gasteiger partial charge in [-0.15, -0.1) is 0 Å². The number of hydrogen-bond acceptors (Lipinski definition) is 4. The van der Waals surface area contributed by atoms with E-state index in [9.17, 15) is 14.0 Å². The van der Waals surface area contributed by atoms with Crippen LogP contribution in [0.5, 0.6) is 0 Å². The summed E-state index contributed by atoms with van der Waals surface area (Å²) in [6, 6.07) is 7.75. The summed E-state index contributed by atoms with van der Waals surface area (Å²) in [4.78, 5) is 30.5. The number of amides is 3. The zero-order valence-electron chi connectivity index (χ0n) is 15.5. The van der Waals surface area contributed by atoms with Gasteiger partial charge in [-0.3, -0.25) is 9.88 Å². The zero-order chi connectivity index (χ0) is 20.1. The number of carboxylic acid groups (broad SMARTS) is 1. The molecule has 28 heavy (non-hydrogen) atoms. The summed E-state index contributed by atoms with van der Waals surface area (Å²) in [6.45, 7) is 4.03. The number of hydrogen-bond donors (Lipinski definition) is 3. The highest BCUT2D eigenvalue weighted by Gasteiger charge is 2.21. The summed E-state index contributed by atoms with van der Waals surface area (Å²) in [5.74, 6) is -0.500. The normalized spacial score (nSPS) is 14.6. The van der Waals surface area contributed by atoms with Crippen LogP contribution in [0.25, 0.3) is 0 Å². The first-order valence-electron chi connectivity index (χ1n) is 8.90. The van der Waals surface area contributed by atoms with Gasteiger partial charge in [0.05, 0.1) is 17.6 Å². The molecule has 0 aliphatic carbocycles. The lowest BCUT2D eigenvalue weighted by molar-refractivity contribution is 0.102. The number of carbonyl (C=O) groups is 2. The number of nitrogens with one attached hydrogen (secondary N) is 2. The van der Waals surface area contributed by atoms with Crippen molar-refractivity contribution in [2.75, 3.05) is 36.8 Å². The molecule has 0 spiro atoms. The summed E-state index contributed by atoms with van der Waals surface area (Å²) in [6.07, 6.45) is 0.588. The molecular weight excluding hydrogens is 365 g/mol. The predicted molar refractivity (Wildman–Crippen MR) is 103 cm³/mol. The van der Waals surface area contributed by atoms with Gasteiger partial charge in [0.1, 0.15) is 0 Å². The van der Waals surface area contributed by atoms with Crippen LogP contribution in [0.2, 0.25) is 0 Å². The fraction of sp³-hybridized carbons (Fsp3) is 0.316. The summed E-state index contributed by atoms with van der Waals surface area (Å²) in [7, 11) is 0. The van der Waals surface area contributed by atoms with E-state index in [0.717, 1.165) is 5.69 Å². The van der Waals surface area contributed by atoms with Crippen LogP contribution in [0.3, 0.4) is 0 Å². The van der Waals surface area contributed by atoms with Crippen LogP contribution in [-0.4, -0.2) is 58.2 Å². The topological polar surface area (TPSA) is 97.8 Å². The van der Waals surface area contributed by atoms with Gasteiger partial charge in [0, 0.05) is 44.0 Å². The van der Waals surface area contributed by atoms with Gasteiger partial charge in [-0.05, 0) is 25.1 Å². The van der Waals surface area contributed by atoms with E-state index in [4.69, 9.17) is 5.11 Å². The first-order valence-corrected chi connectivity index (χ1v) is 8.90. The Morgan fingerprint density at radius 2 is 1.89 bits per heavy atom. The molecule has 0 bridgehead atoms. The Morgan fingerprint density at radius 3 is 2.54 bits per heavy atom. The number of benzene rings is 1. The third-order valence-electron chi connectivity index (χ3n) is 4.53. The van der Waals surface area contributed by atoms with Crippen molar-refractivity contribution in [2.24, 2.45) is 0 Å². The van der Waals surface area contributed by atoms with Crippen molar-refractivity contribution in [1.82, 2.24) is 14.8 Å². The van der Waals surface area contributed by atoms with Crippen LogP contribution < -0.4 is 10.6 Å². The van der Waals surface area contributed by atoms with Crippen LogP contribution >= 0.6 is 0 Å². The number of carbonyl (C=O) groups excluding carboxylic acids is 1. The van der Waals surface area contributed by atoms with Crippen LogP contribution in [0.1, 0.15) is 11.3 Å². The third-order valence-corrected chi connectivity index (χ3v) is 4.53. The Kier molecular flexibility index (Phi) is 6.05. The minimum absolute atomic E-state index is 0.0826. The minimum atomic E-state index is -0.938. The van der Waals surface area contributed by atoms with Crippen molar-refractivity contribution < 1.29 is 19.1 Å². The lowest BCUT2D eigenvalue weighted by atomic mass is 10.1. The van der Waals surface area contributed by atoms with Gasteiger partial charge in [0.15, 0.2) is 5.82 Å². The standard InChI is InChI=1S/C19H22FN5O3/c1-13-5-6-15(11-21-13)22-18(26)23-16-4-2-3-14(17(16)20)12-24-7-9-25(10-8-24)19(27)28/h2-6,11H,7-10,12H2,1H3,(H,27,28)(H2,22,23,26). The van der Waals surface area contributed by atoms with Crippen LogP contribution in [0.4, 0.5) is 25.4 Å². The van der Waals surface area contributed by atoms with E-state index < -0.39 is 17.9 Å². The molecule has 2 aromatic rings. The van der Waals surface area contributed by atoms with Gasteiger partial charge < -0.3 is 20.6 Å². The van der Waals surface area contributed by atoms with Crippen molar-refractivity contribution in [3.8, 4) is 0 Å². The molecule has 3 amide bonds. The second-order valence-corrected chi connectivity index (χ2v) is 6.59. The summed E-state index contributed by atoms with van der Waals surface area (Å²) >= 11 is 0. The number of piperazine rings is 1. The van der Waals surface area contributed by atoms with E-state index in [1.54, 1.807) is 24.3 Å². The quantitative estimate of drug-likeness (QED) is 0.749.